The average Bonchev–Trinajstić information content (AvgIpc) is 2.51. The summed E-state index contributed by atoms with van der Waals surface area (Å²) in [5.74, 6) is -2.87. The highest BCUT2D eigenvalue weighted by Crippen LogP contribution is 2.35. The second-order valence-electron chi connectivity index (χ2n) is 4.46. The Balaban J connectivity index is 2.05. The molecule has 0 unspecified atom stereocenters. The van der Waals surface area contributed by atoms with E-state index in [1.165, 1.54) is 0 Å². The van der Waals surface area contributed by atoms with Crippen molar-refractivity contribution in [3.8, 4) is 0 Å². The van der Waals surface area contributed by atoms with Gasteiger partial charge < -0.3 is 11.1 Å². The van der Waals surface area contributed by atoms with Crippen LogP contribution in [0.15, 0.2) is 12.4 Å². The van der Waals surface area contributed by atoms with E-state index in [1.807, 2.05) is 0 Å². The third-order valence-corrected chi connectivity index (χ3v) is 2.85. The van der Waals surface area contributed by atoms with Gasteiger partial charge in [0, 0.05) is 24.9 Å². The van der Waals surface area contributed by atoms with E-state index in [0.717, 1.165) is 6.20 Å². The number of nitrogens with two attached hydrogens (primary N) is 1. The molecule has 0 radical (unpaired) electrons. The number of hydrogen-bond acceptors (Lipinski definition) is 4. The molecule has 2 rings (SSSR count). The molecule has 1 aliphatic carbocycles. The van der Waals surface area contributed by atoms with Gasteiger partial charge in [-0.3, -0.25) is 0 Å². The highest BCUT2D eigenvalue weighted by atomic mass is 19.4. The number of nitrogens with zero attached hydrogens (tertiary/aromatic N) is 2. The molecule has 1 aliphatic rings. The van der Waals surface area contributed by atoms with Gasteiger partial charge in [0.15, 0.2) is 5.69 Å². The SMILES string of the molecule is N[C@H]1CC(F)(F)C[C@H]1Nc1cnc(C(F)(F)F)cn1. The normalized spacial score (nSPS) is 26.4. The van der Waals surface area contributed by atoms with Crippen LogP contribution in [0.1, 0.15) is 18.5 Å². The fraction of sp³-hybridized carbons (Fsp3) is 0.600. The van der Waals surface area contributed by atoms with Gasteiger partial charge in [0.2, 0.25) is 0 Å². The van der Waals surface area contributed by atoms with Crippen LogP contribution in [-0.4, -0.2) is 28.0 Å². The van der Waals surface area contributed by atoms with Crippen LogP contribution in [0.25, 0.3) is 0 Å². The number of alkyl halides is 5. The lowest BCUT2D eigenvalue weighted by atomic mass is 10.2. The maximum atomic E-state index is 13.1. The molecule has 0 spiro atoms. The molecule has 3 N–H and O–H groups in total. The first kappa shape index (κ1) is 13.9. The fourth-order valence-corrected chi connectivity index (χ4v) is 1.94. The van der Waals surface area contributed by atoms with Gasteiger partial charge in [-0.15, -0.1) is 0 Å². The van der Waals surface area contributed by atoms with E-state index in [0.29, 0.717) is 6.20 Å². The molecule has 4 nitrogen and oxygen atoms in total. The number of halogens is 5. The number of rotatable bonds is 2. The summed E-state index contributed by atoms with van der Waals surface area (Å²) in [6.45, 7) is 0. The fourth-order valence-electron chi connectivity index (χ4n) is 1.94. The van der Waals surface area contributed by atoms with E-state index in [-0.39, 0.29) is 5.82 Å². The van der Waals surface area contributed by atoms with Gasteiger partial charge in [0.05, 0.1) is 12.4 Å². The van der Waals surface area contributed by atoms with Crippen molar-refractivity contribution in [1.29, 1.82) is 0 Å². The molecule has 0 amide bonds. The van der Waals surface area contributed by atoms with Crippen molar-refractivity contribution < 1.29 is 22.0 Å². The van der Waals surface area contributed by atoms with Crippen molar-refractivity contribution in [3.05, 3.63) is 18.1 Å². The molecule has 106 valence electrons. The summed E-state index contributed by atoms with van der Waals surface area (Å²) < 4.78 is 62.9. The highest BCUT2D eigenvalue weighted by molar-refractivity contribution is 5.34. The van der Waals surface area contributed by atoms with Crippen LogP contribution in [0.5, 0.6) is 0 Å². The summed E-state index contributed by atoms with van der Waals surface area (Å²) in [7, 11) is 0. The molecule has 0 aliphatic heterocycles. The van der Waals surface area contributed by atoms with Gasteiger partial charge >= 0.3 is 6.18 Å². The predicted octanol–water partition coefficient (Wildman–Crippen LogP) is 2.03. The van der Waals surface area contributed by atoms with E-state index < -0.39 is 42.7 Å². The first-order valence-corrected chi connectivity index (χ1v) is 5.46. The Bertz CT molecular complexity index is 444. The summed E-state index contributed by atoms with van der Waals surface area (Å²) in [6, 6.07) is -1.51. The van der Waals surface area contributed by atoms with E-state index in [2.05, 4.69) is 15.3 Å². The van der Waals surface area contributed by atoms with E-state index >= 15 is 0 Å². The second kappa shape index (κ2) is 4.55. The minimum absolute atomic E-state index is 0.00819. The Morgan fingerprint density at radius 3 is 2.32 bits per heavy atom. The molecule has 1 aromatic rings. The number of anilines is 1. The minimum Gasteiger partial charge on any atom is -0.364 e. The zero-order chi connectivity index (χ0) is 14.3. The van der Waals surface area contributed by atoms with Crippen molar-refractivity contribution in [2.24, 2.45) is 5.73 Å². The summed E-state index contributed by atoms with van der Waals surface area (Å²) in [4.78, 5) is 6.67. The number of nitrogens with one attached hydrogen (secondary N) is 1. The molecule has 1 fully saturated rings. The predicted molar refractivity (Wildman–Crippen MR) is 56.6 cm³/mol. The average molecular weight is 282 g/mol. The van der Waals surface area contributed by atoms with E-state index in [1.54, 1.807) is 0 Å². The molecule has 0 aromatic carbocycles. The van der Waals surface area contributed by atoms with Crippen LogP contribution in [0.2, 0.25) is 0 Å². The molecule has 1 aromatic heterocycles. The topological polar surface area (TPSA) is 63.8 Å². The third kappa shape index (κ3) is 3.28. The summed E-state index contributed by atoms with van der Waals surface area (Å²) in [5, 5.41) is 2.58. The number of aromatic nitrogens is 2. The highest BCUT2D eigenvalue weighted by Gasteiger charge is 2.45. The van der Waals surface area contributed by atoms with Crippen molar-refractivity contribution in [2.45, 2.75) is 37.0 Å². The van der Waals surface area contributed by atoms with Gasteiger partial charge in [-0.1, -0.05) is 0 Å². The Hall–Kier alpha value is -1.51. The molecule has 1 heterocycles. The zero-order valence-electron chi connectivity index (χ0n) is 9.59. The van der Waals surface area contributed by atoms with E-state index in [9.17, 15) is 22.0 Å². The first-order valence-electron chi connectivity index (χ1n) is 5.46. The molecule has 0 saturated heterocycles. The summed E-state index contributed by atoms with van der Waals surface area (Å²) in [5.41, 5.74) is 4.39. The van der Waals surface area contributed by atoms with Crippen molar-refractivity contribution in [3.63, 3.8) is 0 Å². The quantitative estimate of drug-likeness (QED) is 0.815. The monoisotopic (exact) mass is 282 g/mol. The van der Waals surface area contributed by atoms with Crippen LogP contribution < -0.4 is 11.1 Å². The lowest BCUT2D eigenvalue weighted by molar-refractivity contribution is -0.141. The Morgan fingerprint density at radius 1 is 1.21 bits per heavy atom. The third-order valence-electron chi connectivity index (χ3n) is 2.85. The number of hydrogen-bond donors (Lipinski definition) is 2. The first-order chi connectivity index (χ1) is 8.67. The van der Waals surface area contributed by atoms with Gasteiger partial charge in [-0.2, -0.15) is 13.2 Å². The zero-order valence-corrected chi connectivity index (χ0v) is 9.59. The Morgan fingerprint density at radius 2 is 1.89 bits per heavy atom. The second-order valence-corrected chi connectivity index (χ2v) is 4.46. The van der Waals surface area contributed by atoms with Gasteiger partial charge in [-0.25, -0.2) is 18.7 Å². The largest absolute Gasteiger partial charge is 0.434 e. The lowest BCUT2D eigenvalue weighted by Crippen LogP contribution is -2.35. The summed E-state index contributed by atoms with van der Waals surface area (Å²) in [6.07, 6.45) is -4.12. The van der Waals surface area contributed by atoms with Crippen LogP contribution in [-0.2, 0) is 6.18 Å². The molecule has 1 saturated carbocycles. The molecular formula is C10H11F5N4. The standard InChI is InChI=1S/C10H11F5N4/c11-9(12)1-5(16)6(2-9)19-8-4-17-7(3-18-8)10(13,14)15/h3-6H,1-2,16H2,(H,18,19)/t5-,6+/m0/s1. The Kier molecular flexibility index (Phi) is 3.33. The molecule has 2 atom stereocenters. The van der Waals surface area contributed by atoms with Gasteiger partial charge in [-0.05, 0) is 0 Å². The Labute approximate surface area is 105 Å². The van der Waals surface area contributed by atoms with E-state index in [4.69, 9.17) is 5.73 Å². The van der Waals surface area contributed by atoms with Crippen molar-refractivity contribution in [1.82, 2.24) is 9.97 Å². The molecule has 0 bridgehead atoms. The van der Waals surface area contributed by atoms with Crippen molar-refractivity contribution in [2.75, 3.05) is 5.32 Å². The summed E-state index contributed by atoms with van der Waals surface area (Å²) >= 11 is 0. The van der Waals surface area contributed by atoms with Crippen LogP contribution >= 0.6 is 0 Å². The molecular weight excluding hydrogens is 271 g/mol. The van der Waals surface area contributed by atoms with Crippen LogP contribution in [0, 0.1) is 0 Å². The smallest absolute Gasteiger partial charge is 0.364 e. The maximum absolute atomic E-state index is 13.1. The molecule has 19 heavy (non-hydrogen) atoms. The van der Waals surface area contributed by atoms with Crippen LogP contribution in [0.3, 0.4) is 0 Å². The van der Waals surface area contributed by atoms with Gasteiger partial charge in [0.25, 0.3) is 5.92 Å². The van der Waals surface area contributed by atoms with Crippen molar-refractivity contribution >= 4 is 5.82 Å². The minimum atomic E-state index is -4.58. The van der Waals surface area contributed by atoms with Crippen LogP contribution in [0.4, 0.5) is 27.8 Å². The molecule has 9 heteroatoms. The lowest BCUT2D eigenvalue weighted by Gasteiger charge is -2.17. The maximum Gasteiger partial charge on any atom is 0.434 e. The van der Waals surface area contributed by atoms with Gasteiger partial charge in [0.1, 0.15) is 5.82 Å².